The molecule has 6 rings (SSSR count). The lowest BCUT2D eigenvalue weighted by atomic mass is 9.97. The number of aryl methyl sites for hydroxylation is 2. The van der Waals surface area contributed by atoms with Gasteiger partial charge in [0.05, 0.1) is 17.1 Å². The van der Waals surface area contributed by atoms with Gasteiger partial charge in [-0.3, -0.25) is 38.1 Å². The van der Waals surface area contributed by atoms with Crippen molar-refractivity contribution >= 4 is 74.2 Å². The average molecular weight is 1590 g/mol. The number of carbonyl (C=O) groups excluding carboxylic acids is 7. The van der Waals surface area contributed by atoms with Crippen molar-refractivity contribution in [2.75, 3.05) is 29.4 Å². The second kappa shape index (κ2) is 68.0. The number of hydrogen-bond acceptors (Lipinski definition) is 13. The van der Waals surface area contributed by atoms with Crippen LogP contribution in [-0.4, -0.2) is 78.5 Å². The van der Waals surface area contributed by atoms with Crippen LogP contribution in [0.2, 0.25) is 0 Å². The molecule has 113 heavy (non-hydrogen) atoms. The number of benzene rings is 4. The van der Waals surface area contributed by atoms with Gasteiger partial charge < -0.3 is 35.3 Å². The SMILES string of the molecule is CCCCCCCCCC(=O)CCCCC1CCCC1=O.CCCCCCCCCC(=O)CCCCc1ccc2c(c1)OCO2.CCCCCCCCCC(=O)Nc1ccc(C(=O)OCC)cc1.CCCCCCCCCC(=O)Nc1ccc(CCC(=O)O)cc1.CCCCCCCCCC(=O)Nc1ccc(S(=O)(=O)O)cc1. The lowest BCUT2D eigenvalue weighted by molar-refractivity contribution is -0.137. The molecule has 4 aromatic carbocycles. The molecule has 18 nitrogen and oxygen atoms in total. The number of hydrogen-bond donors (Lipinski definition) is 5. The number of aliphatic carboxylic acids is 1. The first-order valence-electron chi connectivity index (χ1n) is 44.2. The molecule has 4 aromatic rings. The second-order valence-corrected chi connectivity index (χ2v) is 32.1. The Bertz CT molecular complexity index is 3280. The lowest BCUT2D eigenvalue weighted by Gasteiger charge is -2.07. The highest BCUT2D eigenvalue weighted by molar-refractivity contribution is 7.85. The molecule has 1 saturated carbocycles. The Morgan fingerprint density at radius 1 is 0.407 bits per heavy atom. The van der Waals surface area contributed by atoms with Gasteiger partial charge in [-0.05, 0) is 174 Å². The molecule has 3 amide bonds. The molecule has 1 heterocycles. The van der Waals surface area contributed by atoms with E-state index >= 15 is 0 Å². The van der Waals surface area contributed by atoms with Crippen LogP contribution in [0, 0.1) is 5.92 Å². The topological polar surface area (TPSA) is 275 Å². The number of unbranched alkanes of at least 4 members (excludes halogenated alkanes) is 32. The summed E-state index contributed by atoms with van der Waals surface area (Å²) in [6.07, 6.45) is 57.0. The van der Waals surface area contributed by atoms with Crippen LogP contribution in [-0.2, 0) is 61.3 Å². The van der Waals surface area contributed by atoms with Crippen LogP contribution in [0.15, 0.2) is 95.9 Å². The fourth-order valence-corrected chi connectivity index (χ4v) is 14.0. The standard InChI is InChI=1S/C21H32O3.2C19H29NO3.C19H34O2.C16H25NO4S/c1-2-3-4-5-6-7-8-12-19(22)13-10-9-11-18-14-15-20-21(16-18)24-17-23-20;1-3-5-6-7-8-9-10-11-18(21)20-17-14-12-16(13-15-17)19(22)23-4-2;1-2-3-4-5-6-7-8-9-18(21)20-17-13-10-16(11-14-17)12-15-19(22)23;1-2-3-4-5-6-7-8-14-18(20)15-10-9-12-17-13-11-16-19(17)21;1-2-3-4-5-6-7-8-9-16(18)17-14-10-12-15(13-11-14)22(19,20)21/h14-16H,2-13,17H2,1H3;12-15H,3-11H2,1-2H3,(H,20,21);10-11,13-14H,2-9,12,15H2,1H3,(H,20,21)(H,22,23);17H,2-16H2,1H3;10-13H,2-9H2,1H3,(H,17,18)(H,19,20,21). The van der Waals surface area contributed by atoms with Gasteiger partial charge >= 0.3 is 11.9 Å². The Morgan fingerprint density at radius 3 is 1.14 bits per heavy atom. The van der Waals surface area contributed by atoms with Gasteiger partial charge in [-0.15, -0.1) is 0 Å². The molecule has 1 aliphatic heterocycles. The van der Waals surface area contributed by atoms with E-state index < -0.39 is 16.1 Å². The maximum absolute atomic E-state index is 11.9. The molecular weight excluding hydrogens is 1440 g/mol. The van der Waals surface area contributed by atoms with Crippen molar-refractivity contribution < 1.29 is 70.6 Å². The molecule has 0 radical (unpaired) electrons. The van der Waals surface area contributed by atoms with Gasteiger partial charge in [0.25, 0.3) is 10.1 Å². The molecule has 0 spiro atoms. The van der Waals surface area contributed by atoms with Gasteiger partial charge in [0.2, 0.25) is 24.5 Å². The second-order valence-electron chi connectivity index (χ2n) is 30.7. The molecule has 0 bridgehead atoms. The molecule has 19 heteroatoms. The minimum atomic E-state index is -4.19. The quantitative estimate of drug-likeness (QED) is 0.0156. The first-order valence-corrected chi connectivity index (χ1v) is 45.7. The molecule has 0 saturated heterocycles. The normalized spacial score (nSPS) is 12.5. The van der Waals surface area contributed by atoms with Gasteiger partial charge in [-0.25, -0.2) is 4.79 Å². The van der Waals surface area contributed by atoms with E-state index in [1.54, 1.807) is 31.2 Å². The molecule has 1 atom stereocenters. The fraction of sp³-hybridized carbons (Fsp3) is 0.660. The van der Waals surface area contributed by atoms with Crippen molar-refractivity contribution in [3.05, 3.63) is 108 Å². The van der Waals surface area contributed by atoms with E-state index in [4.69, 9.17) is 23.9 Å². The number of rotatable bonds is 59. The number of ketones is 3. The Labute approximate surface area is 682 Å². The van der Waals surface area contributed by atoms with Gasteiger partial charge in [0, 0.05) is 80.8 Å². The van der Waals surface area contributed by atoms with Crippen LogP contribution in [0.3, 0.4) is 0 Å². The van der Waals surface area contributed by atoms with Crippen molar-refractivity contribution in [2.45, 2.75) is 387 Å². The van der Waals surface area contributed by atoms with E-state index in [9.17, 15) is 46.8 Å². The molecular formula is C94H149N3O15S. The monoisotopic (exact) mass is 1590 g/mol. The molecule has 1 fully saturated rings. The molecule has 2 aliphatic rings. The van der Waals surface area contributed by atoms with E-state index in [-0.39, 0.29) is 35.0 Å². The van der Waals surface area contributed by atoms with Crippen molar-refractivity contribution in [1.29, 1.82) is 0 Å². The van der Waals surface area contributed by atoms with Crippen LogP contribution in [0.4, 0.5) is 17.1 Å². The summed E-state index contributed by atoms with van der Waals surface area (Å²) in [6, 6.07) is 25.8. The van der Waals surface area contributed by atoms with Gasteiger partial charge in [0.15, 0.2) is 11.5 Å². The average Bonchev–Trinajstić information content (AvgIpc) is 1.62. The first kappa shape index (κ1) is 102. The van der Waals surface area contributed by atoms with Gasteiger partial charge in [-0.1, -0.05) is 252 Å². The highest BCUT2D eigenvalue weighted by Gasteiger charge is 2.24. The van der Waals surface area contributed by atoms with Gasteiger partial charge in [-0.2, -0.15) is 8.42 Å². The Morgan fingerprint density at radius 2 is 0.761 bits per heavy atom. The molecule has 636 valence electrons. The summed E-state index contributed by atoms with van der Waals surface area (Å²) in [5.41, 5.74) is 4.75. The van der Waals surface area contributed by atoms with E-state index in [0.717, 1.165) is 164 Å². The summed E-state index contributed by atoms with van der Waals surface area (Å²) >= 11 is 0. The predicted molar refractivity (Wildman–Crippen MR) is 461 cm³/mol. The number of fused-ring (bicyclic) bond motifs is 1. The Kier molecular flexibility index (Phi) is 61.3. The number of esters is 1. The summed E-state index contributed by atoms with van der Waals surface area (Å²) in [7, 11) is -4.19. The van der Waals surface area contributed by atoms with Crippen molar-refractivity contribution in [3.63, 3.8) is 0 Å². The number of Topliss-reactive ketones (excluding diaryl/α,β-unsaturated/α-hetero) is 3. The zero-order valence-electron chi connectivity index (χ0n) is 70.7. The molecule has 5 N–H and O–H groups in total. The van der Waals surface area contributed by atoms with Crippen molar-refractivity contribution in [2.24, 2.45) is 5.92 Å². The van der Waals surface area contributed by atoms with Crippen LogP contribution in [0.25, 0.3) is 0 Å². The van der Waals surface area contributed by atoms with Crippen molar-refractivity contribution in [3.8, 4) is 11.5 Å². The number of carboxylic acids is 1. The zero-order valence-corrected chi connectivity index (χ0v) is 71.6. The summed E-state index contributed by atoms with van der Waals surface area (Å²) in [4.78, 5) is 92.5. The summed E-state index contributed by atoms with van der Waals surface area (Å²) < 4.78 is 46.3. The number of anilines is 3. The lowest BCUT2D eigenvalue weighted by Crippen LogP contribution is -2.11. The van der Waals surface area contributed by atoms with Crippen LogP contribution < -0.4 is 25.4 Å². The number of nitrogens with one attached hydrogen (secondary N) is 3. The fourth-order valence-electron chi connectivity index (χ4n) is 13.5. The number of ether oxygens (including phenoxy) is 3. The molecule has 1 aliphatic carbocycles. The molecule has 0 aromatic heterocycles. The summed E-state index contributed by atoms with van der Waals surface area (Å²) in [6.45, 7) is 13.5. The van der Waals surface area contributed by atoms with E-state index in [2.05, 4.69) is 62.7 Å². The third-order valence-electron chi connectivity index (χ3n) is 20.4. The molecule has 1 unspecified atom stereocenters. The van der Waals surface area contributed by atoms with E-state index in [1.807, 2.05) is 30.3 Å². The number of carboxylic acid groups (broad SMARTS) is 1. The smallest absolute Gasteiger partial charge is 0.338 e. The van der Waals surface area contributed by atoms with Crippen molar-refractivity contribution in [1.82, 2.24) is 0 Å². The number of amides is 3. The zero-order chi connectivity index (χ0) is 82.6. The Hall–Kier alpha value is -7.25. The largest absolute Gasteiger partial charge is 0.481 e. The van der Waals surface area contributed by atoms with E-state index in [1.165, 1.54) is 197 Å². The first-order chi connectivity index (χ1) is 54.7. The number of carbonyl (C=O) groups is 8. The van der Waals surface area contributed by atoms with Crippen LogP contribution in [0.5, 0.6) is 11.5 Å². The van der Waals surface area contributed by atoms with Gasteiger partial charge in [0.1, 0.15) is 17.3 Å². The highest BCUT2D eigenvalue weighted by atomic mass is 32.2. The minimum Gasteiger partial charge on any atom is -0.481 e. The maximum atomic E-state index is 11.9. The third kappa shape index (κ3) is 55.8. The Balaban J connectivity index is 0.000000480. The third-order valence-corrected chi connectivity index (χ3v) is 21.3. The van der Waals surface area contributed by atoms with Crippen LogP contribution >= 0.6 is 0 Å². The highest BCUT2D eigenvalue weighted by Crippen LogP contribution is 2.33. The predicted octanol–water partition coefficient (Wildman–Crippen LogP) is 25.2. The maximum Gasteiger partial charge on any atom is 0.338 e. The minimum absolute atomic E-state index is 0.0300. The van der Waals surface area contributed by atoms with Crippen LogP contribution in [0.1, 0.15) is 390 Å². The summed E-state index contributed by atoms with van der Waals surface area (Å²) in [5, 5.41) is 17.1. The van der Waals surface area contributed by atoms with E-state index in [0.29, 0.717) is 79.3 Å². The summed E-state index contributed by atoms with van der Waals surface area (Å²) in [5.74, 6) is 2.22.